The van der Waals surface area contributed by atoms with Crippen LogP contribution in [0.5, 0.6) is 0 Å². The third-order valence-corrected chi connectivity index (χ3v) is 3.69. The largest absolute Gasteiger partial charge is 0.304 e. The lowest BCUT2D eigenvalue weighted by molar-refractivity contribution is -0.141. The molecule has 1 saturated carbocycles. The van der Waals surface area contributed by atoms with Crippen LogP contribution >= 0.6 is 0 Å². The summed E-state index contributed by atoms with van der Waals surface area (Å²) >= 11 is 0. The Kier molecular flexibility index (Phi) is 4.38. The molecule has 2 fully saturated rings. The summed E-state index contributed by atoms with van der Waals surface area (Å²) in [5.41, 5.74) is 0. The first-order valence-corrected chi connectivity index (χ1v) is 6.73. The molecule has 1 saturated heterocycles. The van der Waals surface area contributed by atoms with E-state index in [1.165, 1.54) is 4.90 Å². The molecule has 1 N–H and O–H groups in total. The Morgan fingerprint density at radius 1 is 1.33 bits per heavy atom. The zero-order valence-corrected chi connectivity index (χ0v) is 10.9. The van der Waals surface area contributed by atoms with Crippen LogP contribution in [-0.2, 0) is 9.59 Å². The van der Waals surface area contributed by atoms with Gasteiger partial charge in [-0.2, -0.15) is 0 Å². The number of nitrogens with one attached hydrogen (secondary N) is 1. The van der Waals surface area contributed by atoms with E-state index in [1.807, 2.05) is 0 Å². The Balaban J connectivity index is 1.89. The molecule has 18 heavy (non-hydrogen) atoms. The lowest BCUT2D eigenvalue weighted by Crippen LogP contribution is -2.43. The highest BCUT2D eigenvalue weighted by atomic mass is 16.2. The molecule has 0 aromatic rings. The molecular weight excluding hydrogens is 228 g/mol. The second-order valence-corrected chi connectivity index (χ2v) is 4.93. The number of likely N-dealkylation sites (tertiary alicyclic amines) is 1. The number of rotatable bonds is 4. The Hall–Kier alpha value is -1.34. The van der Waals surface area contributed by atoms with Crippen LogP contribution in [0.25, 0.3) is 0 Å². The van der Waals surface area contributed by atoms with Gasteiger partial charge in [-0.15, -0.1) is 11.8 Å². The number of hydrogen-bond acceptors (Lipinski definition) is 3. The van der Waals surface area contributed by atoms with Gasteiger partial charge >= 0.3 is 0 Å². The highest BCUT2D eigenvalue weighted by molar-refractivity contribution is 6.05. The van der Waals surface area contributed by atoms with Gasteiger partial charge in [-0.3, -0.25) is 14.5 Å². The normalized spacial score (nSPS) is 24.5. The van der Waals surface area contributed by atoms with E-state index in [0.717, 1.165) is 32.1 Å². The molecule has 0 radical (unpaired) electrons. The van der Waals surface area contributed by atoms with Crippen molar-refractivity contribution in [1.82, 2.24) is 10.2 Å². The van der Waals surface area contributed by atoms with Crippen molar-refractivity contribution in [2.75, 3.05) is 6.54 Å². The molecule has 1 aliphatic carbocycles. The second kappa shape index (κ2) is 6.01. The molecule has 4 heteroatoms. The molecule has 98 valence electrons. The molecule has 2 rings (SSSR count). The van der Waals surface area contributed by atoms with Crippen molar-refractivity contribution < 1.29 is 9.59 Å². The van der Waals surface area contributed by atoms with Gasteiger partial charge in [0.1, 0.15) is 0 Å². The topological polar surface area (TPSA) is 49.4 Å². The molecule has 4 nitrogen and oxygen atoms in total. The number of hydrogen-bond donors (Lipinski definition) is 1. The molecule has 1 atom stereocenters. The highest BCUT2D eigenvalue weighted by Gasteiger charge is 2.42. The van der Waals surface area contributed by atoms with Crippen LogP contribution in [0.1, 0.15) is 45.4 Å². The molecule has 1 aliphatic heterocycles. The average molecular weight is 248 g/mol. The zero-order chi connectivity index (χ0) is 13.0. The van der Waals surface area contributed by atoms with Gasteiger partial charge in [0.15, 0.2) is 0 Å². The van der Waals surface area contributed by atoms with Crippen molar-refractivity contribution in [2.24, 2.45) is 0 Å². The van der Waals surface area contributed by atoms with Crippen LogP contribution in [0, 0.1) is 11.8 Å². The van der Waals surface area contributed by atoms with E-state index in [4.69, 9.17) is 0 Å². The fraction of sp³-hybridized carbons (Fsp3) is 0.714. The van der Waals surface area contributed by atoms with E-state index in [0.29, 0.717) is 13.0 Å². The zero-order valence-electron chi connectivity index (χ0n) is 10.9. The fourth-order valence-electron chi connectivity index (χ4n) is 2.79. The maximum Gasteiger partial charge on any atom is 0.247 e. The van der Waals surface area contributed by atoms with Crippen LogP contribution in [-0.4, -0.2) is 35.3 Å². The molecule has 0 aromatic heterocycles. The minimum absolute atomic E-state index is 0.00836. The first-order valence-electron chi connectivity index (χ1n) is 6.73. The number of carbonyl (C=O) groups excluding carboxylic acids is 2. The summed E-state index contributed by atoms with van der Waals surface area (Å²) in [4.78, 5) is 25.6. The number of nitrogens with zero attached hydrogens (tertiary/aromatic N) is 1. The van der Waals surface area contributed by atoms with E-state index in [-0.39, 0.29) is 23.9 Å². The third kappa shape index (κ3) is 2.73. The minimum Gasteiger partial charge on any atom is -0.304 e. The summed E-state index contributed by atoms with van der Waals surface area (Å²) in [7, 11) is 0. The maximum absolute atomic E-state index is 12.2. The van der Waals surface area contributed by atoms with Crippen molar-refractivity contribution in [3.8, 4) is 11.8 Å². The van der Waals surface area contributed by atoms with Crippen LogP contribution in [0.15, 0.2) is 0 Å². The Bertz CT molecular complexity index is 388. The average Bonchev–Trinajstić information content (AvgIpc) is 2.94. The summed E-state index contributed by atoms with van der Waals surface area (Å²) in [6.07, 6.45) is 5.25. The number of imide groups is 1. The molecular formula is C14H20N2O2. The van der Waals surface area contributed by atoms with E-state index in [9.17, 15) is 9.59 Å². The van der Waals surface area contributed by atoms with Gasteiger partial charge in [-0.25, -0.2) is 0 Å². The Morgan fingerprint density at radius 2 is 2.06 bits per heavy atom. The molecule has 0 spiro atoms. The van der Waals surface area contributed by atoms with E-state index in [1.54, 1.807) is 6.92 Å². The first-order chi connectivity index (χ1) is 8.74. The minimum atomic E-state index is -0.322. The summed E-state index contributed by atoms with van der Waals surface area (Å²) in [5, 5.41) is 3.14. The van der Waals surface area contributed by atoms with Crippen LogP contribution < -0.4 is 5.32 Å². The monoisotopic (exact) mass is 248 g/mol. The predicted molar refractivity (Wildman–Crippen MR) is 68.6 cm³/mol. The molecule has 1 unspecified atom stereocenters. The summed E-state index contributed by atoms with van der Waals surface area (Å²) in [6, 6.07) is -0.163. The van der Waals surface area contributed by atoms with E-state index < -0.39 is 0 Å². The van der Waals surface area contributed by atoms with Crippen LogP contribution in [0.4, 0.5) is 0 Å². The Morgan fingerprint density at radius 3 is 2.72 bits per heavy atom. The lowest BCUT2D eigenvalue weighted by Gasteiger charge is -2.22. The van der Waals surface area contributed by atoms with E-state index in [2.05, 4.69) is 17.2 Å². The lowest BCUT2D eigenvalue weighted by atomic mass is 10.2. The van der Waals surface area contributed by atoms with Gasteiger partial charge in [0.05, 0.1) is 12.5 Å². The summed E-state index contributed by atoms with van der Waals surface area (Å²) < 4.78 is 0. The van der Waals surface area contributed by atoms with Crippen molar-refractivity contribution in [3.63, 3.8) is 0 Å². The summed E-state index contributed by atoms with van der Waals surface area (Å²) in [5.74, 6) is 5.72. The standard InChI is InChI=1S/C14H20N2O2/c1-2-3-6-9-15-12-10-13(17)16(14(12)18)11-7-4-5-8-11/h11-12,15H,4-10H2,1H3. The molecule has 2 aliphatic rings. The van der Waals surface area contributed by atoms with Gasteiger partial charge in [-0.1, -0.05) is 12.8 Å². The summed E-state index contributed by atoms with van der Waals surface area (Å²) in [6.45, 7) is 2.47. The highest BCUT2D eigenvalue weighted by Crippen LogP contribution is 2.28. The predicted octanol–water partition coefficient (Wildman–Crippen LogP) is 1.06. The number of carbonyl (C=O) groups is 2. The van der Waals surface area contributed by atoms with Gasteiger partial charge in [-0.05, 0) is 19.8 Å². The molecule has 0 bridgehead atoms. The second-order valence-electron chi connectivity index (χ2n) is 4.93. The Labute approximate surface area is 108 Å². The molecule has 1 heterocycles. The SMILES string of the molecule is CC#CCCNC1CC(=O)N(C2CCCC2)C1=O. The van der Waals surface area contributed by atoms with Gasteiger partial charge in [0.25, 0.3) is 0 Å². The maximum atomic E-state index is 12.2. The van der Waals surface area contributed by atoms with E-state index >= 15 is 0 Å². The number of amides is 2. The quantitative estimate of drug-likeness (QED) is 0.460. The first kappa shape index (κ1) is 13.1. The van der Waals surface area contributed by atoms with Crippen LogP contribution in [0.3, 0.4) is 0 Å². The smallest absolute Gasteiger partial charge is 0.247 e. The third-order valence-electron chi connectivity index (χ3n) is 3.69. The molecule has 0 aromatic carbocycles. The van der Waals surface area contributed by atoms with Crippen molar-refractivity contribution in [3.05, 3.63) is 0 Å². The van der Waals surface area contributed by atoms with Crippen molar-refractivity contribution >= 4 is 11.8 Å². The van der Waals surface area contributed by atoms with Gasteiger partial charge in [0.2, 0.25) is 11.8 Å². The van der Waals surface area contributed by atoms with Gasteiger partial charge in [0, 0.05) is 19.0 Å². The molecule has 2 amide bonds. The van der Waals surface area contributed by atoms with Gasteiger partial charge < -0.3 is 5.32 Å². The van der Waals surface area contributed by atoms with Crippen molar-refractivity contribution in [1.29, 1.82) is 0 Å². The van der Waals surface area contributed by atoms with Crippen molar-refractivity contribution in [2.45, 2.75) is 57.5 Å². The van der Waals surface area contributed by atoms with Crippen LogP contribution in [0.2, 0.25) is 0 Å². The fourth-order valence-corrected chi connectivity index (χ4v) is 2.79.